The molecule has 1 aliphatic carbocycles. The van der Waals surface area contributed by atoms with Crippen LogP contribution in [0.1, 0.15) is 56.4 Å². The fourth-order valence-electron chi connectivity index (χ4n) is 5.07. The van der Waals surface area contributed by atoms with Gasteiger partial charge < -0.3 is 34.4 Å². The number of nitrogens with zero attached hydrogens (tertiary/aromatic N) is 4. The molecule has 1 saturated carbocycles. The van der Waals surface area contributed by atoms with Gasteiger partial charge in [0.15, 0.2) is 5.69 Å². The Hall–Kier alpha value is -4.27. The van der Waals surface area contributed by atoms with Gasteiger partial charge in [-0.05, 0) is 70.1 Å². The standard InChI is InChI=1S/C30H39N5O9S/c1-4-42-28(40)30(13-6-14-30)44-24-19-23(32-35(24)20-7-9-21(45-3)10-8-20)26(38)31-22(11-12-25(36)37)27(39)33-15-17-34(18-16-33)29(41)43-5-2/h7-10,19,22H,4-6,11-18H2,1-3H3,(H,31,38)(H,36,37). The van der Waals surface area contributed by atoms with Gasteiger partial charge in [-0.15, -0.1) is 11.8 Å². The zero-order valence-corrected chi connectivity index (χ0v) is 26.5. The van der Waals surface area contributed by atoms with E-state index in [2.05, 4.69) is 10.4 Å². The third-order valence-corrected chi connectivity index (χ3v) is 8.45. The zero-order chi connectivity index (χ0) is 32.6. The molecular weight excluding hydrogens is 606 g/mol. The summed E-state index contributed by atoms with van der Waals surface area (Å²) in [5.74, 6) is -2.64. The first kappa shape index (κ1) is 33.6. The topological polar surface area (TPSA) is 170 Å². The monoisotopic (exact) mass is 645 g/mol. The third kappa shape index (κ3) is 8.07. The Balaban J connectivity index is 1.57. The number of ether oxygens (including phenoxy) is 3. The van der Waals surface area contributed by atoms with E-state index in [0.717, 1.165) is 11.3 Å². The van der Waals surface area contributed by atoms with E-state index < -0.39 is 41.5 Å². The molecule has 1 saturated heterocycles. The molecule has 1 atom stereocenters. The lowest BCUT2D eigenvalue weighted by atomic mass is 9.80. The molecule has 2 heterocycles. The average Bonchev–Trinajstić information content (AvgIpc) is 3.44. The van der Waals surface area contributed by atoms with Crippen LogP contribution in [0.25, 0.3) is 5.69 Å². The minimum atomic E-state index is -1.20. The highest BCUT2D eigenvalue weighted by Crippen LogP contribution is 2.39. The number of amides is 3. The van der Waals surface area contributed by atoms with Crippen molar-refractivity contribution in [3.8, 4) is 11.6 Å². The van der Waals surface area contributed by atoms with Crippen molar-refractivity contribution in [2.45, 2.75) is 62.5 Å². The predicted octanol–water partition coefficient (Wildman–Crippen LogP) is 2.72. The van der Waals surface area contributed by atoms with Gasteiger partial charge >= 0.3 is 18.0 Å². The van der Waals surface area contributed by atoms with E-state index in [-0.39, 0.29) is 63.8 Å². The Morgan fingerprint density at radius 3 is 2.20 bits per heavy atom. The molecule has 2 aliphatic rings. The van der Waals surface area contributed by atoms with E-state index in [0.29, 0.717) is 18.5 Å². The van der Waals surface area contributed by atoms with Crippen LogP contribution in [0.5, 0.6) is 5.88 Å². The molecule has 2 N–H and O–H groups in total. The summed E-state index contributed by atoms with van der Waals surface area (Å²) in [7, 11) is 0. The number of hydrogen-bond acceptors (Lipinski definition) is 10. The number of carbonyl (C=O) groups excluding carboxylic acids is 4. The van der Waals surface area contributed by atoms with Gasteiger partial charge in [-0.2, -0.15) is 5.10 Å². The number of nitrogens with one attached hydrogen (secondary N) is 1. The minimum absolute atomic E-state index is 0.0856. The number of rotatable bonds is 13. The van der Waals surface area contributed by atoms with Gasteiger partial charge in [0.1, 0.15) is 6.04 Å². The molecule has 2 aromatic rings. The summed E-state index contributed by atoms with van der Waals surface area (Å²) in [4.78, 5) is 67.3. The summed E-state index contributed by atoms with van der Waals surface area (Å²) >= 11 is 1.56. The number of piperazine rings is 1. The number of carboxylic acids is 1. The van der Waals surface area contributed by atoms with Gasteiger partial charge in [0.05, 0.1) is 18.9 Å². The van der Waals surface area contributed by atoms with Crippen molar-refractivity contribution in [2.75, 3.05) is 45.6 Å². The summed E-state index contributed by atoms with van der Waals surface area (Å²) in [6, 6.07) is 7.63. The molecule has 4 rings (SSSR count). The molecule has 1 unspecified atom stereocenters. The van der Waals surface area contributed by atoms with Gasteiger partial charge in [0.25, 0.3) is 5.91 Å². The number of hydrogen-bond donors (Lipinski definition) is 2. The Morgan fingerprint density at radius 2 is 1.64 bits per heavy atom. The first-order valence-corrected chi connectivity index (χ1v) is 16.2. The maximum Gasteiger partial charge on any atom is 0.409 e. The maximum atomic E-state index is 13.6. The van der Waals surface area contributed by atoms with Crippen LogP contribution >= 0.6 is 11.8 Å². The molecule has 3 amide bonds. The Bertz CT molecular complexity index is 1380. The van der Waals surface area contributed by atoms with Crippen molar-refractivity contribution in [2.24, 2.45) is 0 Å². The molecule has 14 nitrogen and oxygen atoms in total. The molecule has 244 valence electrons. The van der Waals surface area contributed by atoms with Crippen molar-refractivity contribution < 1.29 is 43.3 Å². The lowest BCUT2D eigenvalue weighted by Crippen LogP contribution is -2.56. The number of benzene rings is 1. The van der Waals surface area contributed by atoms with Gasteiger partial charge in [-0.3, -0.25) is 14.4 Å². The quantitative estimate of drug-likeness (QED) is 0.243. The van der Waals surface area contributed by atoms with Crippen LogP contribution in [0.2, 0.25) is 0 Å². The summed E-state index contributed by atoms with van der Waals surface area (Å²) < 4.78 is 18.0. The van der Waals surface area contributed by atoms with Gasteiger partial charge in [0.2, 0.25) is 17.4 Å². The van der Waals surface area contributed by atoms with Crippen LogP contribution in [0, 0.1) is 0 Å². The van der Waals surface area contributed by atoms with Crippen LogP contribution in [-0.2, 0) is 23.9 Å². The predicted molar refractivity (Wildman–Crippen MR) is 162 cm³/mol. The lowest BCUT2D eigenvalue weighted by molar-refractivity contribution is -0.170. The molecule has 45 heavy (non-hydrogen) atoms. The first-order chi connectivity index (χ1) is 21.6. The molecule has 0 radical (unpaired) electrons. The minimum Gasteiger partial charge on any atom is -0.481 e. The van der Waals surface area contributed by atoms with Crippen molar-refractivity contribution >= 4 is 41.6 Å². The fourth-order valence-corrected chi connectivity index (χ4v) is 5.47. The molecule has 1 aromatic heterocycles. The fraction of sp³-hybridized carbons (Fsp3) is 0.533. The average molecular weight is 646 g/mol. The van der Waals surface area contributed by atoms with Crippen LogP contribution < -0.4 is 10.1 Å². The molecule has 0 bridgehead atoms. The number of carboxylic acid groups (broad SMARTS) is 1. The van der Waals surface area contributed by atoms with Crippen LogP contribution in [0.4, 0.5) is 4.79 Å². The molecule has 1 aliphatic heterocycles. The summed E-state index contributed by atoms with van der Waals surface area (Å²) in [5.41, 5.74) is -0.706. The molecule has 1 aromatic carbocycles. The molecule has 15 heteroatoms. The SMILES string of the molecule is CCOC(=O)N1CCN(C(=O)C(CCC(=O)O)NC(=O)c2cc(OC3(C(=O)OCC)CCC3)n(-c3ccc(SC)cc3)n2)CC1. The van der Waals surface area contributed by atoms with E-state index >= 15 is 0 Å². The lowest BCUT2D eigenvalue weighted by Gasteiger charge is -2.38. The van der Waals surface area contributed by atoms with Crippen molar-refractivity contribution in [3.05, 3.63) is 36.0 Å². The second kappa shape index (κ2) is 15.1. The van der Waals surface area contributed by atoms with Gasteiger partial charge in [-0.25, -0.2) is 14.3 Å². The highest BCUT2D eigenvalue weighted by Gasteiger charge is 2.49. The number of thioether (sulfide) groups is 1. The van der Waals surface area contributed by atoms with Crippen molar-refractivity contribution in [3.63, 3.8) is 0 Å². The zero-order valence-electron chi connectivity index (χ0n) is 25.7. The number of aromatic nitrogens is 2. The van der Waals surface area contributed by atoms with Crippen LogP contribution in [-0.4, -0.2) is 112 Å². The number of carbonyl (C=O) groups is 5. The van der Waals surface area contributed by atoms with E-state index in [4.69, 9.17) is 14.2 Å². The normalized spacial score (nSPS) is 16.2. The first-order valence-electron chi connectivity index (χ1n) is 14.9. The largest absolute Gasteiger partial charge is 0.481 e. The van der Waals surface area contributed by atoms with Crippen LogP contribution in [0.3, 0.4) is 0 Å². The van der Waals surface area contributed by atoms with Gasteiger partial charge in [-0.1, -0.05) is 0 Å². The highest BCUT2D eigenvalue weighted by molar-refractivity contribution is 7.98. The summed E-state index contributed by atoms with van der Waals surface area (Å²) in [5, 5.41) is 16.4. The Kier molecular flexibility index (Phi) is 11.3. The third-order valence-electron chi connectivity index (χ3n) is 7.70. The second-order valence-corrected chi connectivity index (χ2v) is 11.5. The van der Waals surface area contributed by atoms with Gasteiger partial charge in [0, 0.05) is 43.6 Å². The Morgan fingerprint density at radius 1 is 1.00 bits per heavy atom. The van der Waals surface area contributed by atoms with E-state index in [1.54, 1.807) is 37.7 Å². The smallest absolute Gasteiger partial charge is 0.409 e. The summed E-state index contributed by atoms with van der Waals surface area (Å²) in [6.07, 6.45) is 2.63. The van der Waals surface area contributed by atoms with E-state index in [1.807, 2.05) is 18.4 Å². The number of esters is 1. The molecule has 2 fully saturated rings. The van der Waals surface area contributed by atoms with Crippen molar-refractivity contribution in [1.82, 2.24) is 24.9 Å². The molecular formula is C30H39N5O9S. The van der Waals surface area contributed by atoms with E-state index in [1.165, 1.54) is 20.5 Å². The number of aliphatic carboxylic acids is 1. The Labute approximate surface area is 265 Å². The molecule has 0 spiro atoms. The highest BCUT2D eigenvalue weighted by atomic mass is 32.2. The van der Waals surface area contributed by atoms with Crippen LogP contribution in [0.15, 0.2) is 35.2 Å². The summed E-state index contributed by atoms with van der Waals surface area (Å²) in [6.45, 7) is 4.73. The van der Waals surface area contributed by atoms with E-state index in [9.17, 15) is 29.1 Å². The second-order valence-electron chi connectivity index (χ2n) is 10.6. The van der Waals surface area contributed by atoms with Crippen molar-refractivity contribution in [1.29, 1.82) is 0 Å². The maximum absolute atomic E-state index is 13.6.